The van der Waals surface area contributed by atoms with Crippen LogP contribution in [0.3, 0.4) is 0 Å². The van der Waals surface area contributed by atoms with Crippen LogP contribution in [-0.4, -0.2) is 22.3 Å². The monoisotopic (exact) mass is 157 g/mol. The maximum absolute atomic E-state index is 10.0. The van der Waals surface area contributed by atoms with Crippen molar-refractivity contribution < 1.29 is 5.11 Å². The fourth-order valence-electron chi connectivity index (χ4n) is 0.557. The highest BCUT2D eigenvalue weighted by Gasteiger charge is 1.93. The van der Waals surface area contributed by atoms with E-state index in [-0.39, 0.29) is 6.61 Å². The van der Waals surface area contributed by atoms with E-state index in [9.17, 15) is 5.11 Å². The molecule has 1 N–H and O–H groups in total. The normalized spacial score (nSPS) is 10.1. The van der Waals surface area contributed by atoms with E-state index >= 15 is 0 Å². The van der Waals surface area contributed by atoms with Crippen molar-refractivity contribution in [2.24, 2.45) is 0 Å². The Morgan fingerprint density at radius 2 is 2.60 bits per heavy atom. The minimum absolute atomic E-state index is 0.00765. The zero-order chi connectivity index (χ0) is 7.23. The Labute approximate surface area is 63.9 Å². The molecule has 0 aliphatic heterocycles. The average Bonchev–Trinajstić information content (AvgIpc) is 2.41. The topological polar surface area (TPSA) is 48.6 Å². The molecule has 55 valence electrons. The standard InChI is InChI=1S/C6H9N2OS/c9-4-1-5-10-6-7-2-3-8-6/h2-3H,1,4-5H2,(H,7,8). The Balaban J connectivity index is 2.15. The highest BCUT2D eigenvalue weighted by atomic mass is 32.2. The number of aromatic nitrogens is 2. The van der Waals surface area contributed by atoms with Gasteiger partial charge in [0.05, 0.1) is 6.61 Å². The van der Waals surface area contributed by atoms with Crippen LogP contribution in [0.4, 0.5) is 0 Å². The van der Waals surface area contributed by atoms with Crippen LogP contribution in [0.1, 0.15) is 6.42 Å². The first-order valence-electron chi connectivity index (χ1n) is 3.14. The van der Waals surface area contributed by atoms with E-state index < -0.39 is 0 Å². The maximum atomic E-state index is 10.0. The molecule has 0 saturated heterocycles. The number of hydrogen-bond donors (Lipinski definition) is 1. The molecule has 1 radical (unpaired) electrons. The number of rotatable bonds is 4. The number of nitrogens with zero attached hydrogens (tertiary/aromatic N) is 1. The van der Waals surface area contributed by atoms with Gasteiger partial charge in [-0.1, -0.05) is 11.8 Å². The van der Waals surface area contributed by atoms with Gasteiger partial charge in [-0.3, -0.25) is 0 Å². The summed E-state index contributed by atoms with van der Waals surface area (Å²) in [5.74, 6) is 0.858. The van der Waals surface area contributed by atoms with Crippen LogP contribution in [0.2, 0.25) is 0 Å². The summed E-state index contributed by atoms with van der Waals surface area (Å²) in [6, 6.07) is 0. The third-order valence-corrected chi connectivity index (χ3v) is 1.99. The molecule has 1 aromatic rings. The molecule has 1 aromatic heterocycles. The number of H-pyrrole nitrogens is 1. The molecule has 0 aliphatic carbocycles. The van der Waals surface area contributed by atoms with Crippen molar-refractivity contribution in [3.05, 3.63) is 12.4 Å². The lowest BCUT2D eigenvalue weighted by atomic mass is 10.5. The van der Waals surface area contributed by atoms with Gasteiger partial charge in [0.15, 0.2) is 5.16 Å². The lowest BCUT2D eigenvalue weighted by molar-refractivity contribution is 0.194. The van der Waals surface area contributed by atoms with Gasteiger partial charge in [0.2, 0.25) is 0 Å². The molecule has 0 fully saturated rings. The molecule has 0 atom stereocenters. The predicted molar refractivity (Wildman–Crippen MR) is 39.5 cm³/mol. The quantitative estimate of drug-likeness (QED) is 0.529. The van der Waals surface area contributed by atoms with Gasteiger partial charge in [-0.15, -0.1) is 0 Å². The molecule has 0 aliphatic rings. The second-order valence-electron chi connectivity index (χ2n) is 1.80. The second kappa shape index (κ2) is 4.35. The molecule has 0 saturated carbocycles. The lowest BCUT2D eigenvalue weighted by Gasteiger charge is -1.91. The van der Waals surface area contributed by atoms with Crippen LogP contribution in [0.5, 0.6) is 0 Å². The Kier molecular flexibility index (Phi) is 3.32. The van der Waals surface area contributed by atoms with E-state index in [0.717, 1.165) is 10.9 Å². The summed E-state index contributed by atoms with van der Waals surface area (Å²) in [6.07, 6.45) is 4.20. The molecule has 0 amide bonds. The number of hydrogen-bond acceptors (Lipinski definition) is 2. The highest BCUT2D eigenvalue weighted by molar-refractivity contribution is 7.99. The molecule has 4 heteroatoms. The van der Waals surface area contributed by atoms with Gasteiger partial charge < -0.3 is 4.98 Å². The van der Waals surface area contributed by atoms with Crippen molar-refractivity contribution >= 4 is 11.8 Å². The molecule has 0 bridgehead atoms. The molecule has 0 spiro atoms. The summed E-state index contributed by atoms with van der Waals surface area (Å²) >= 11 is 1.58. The summed E-state index contributed by atoms with van der Waals surface area (Å²) in [4.78, 5) is 6.94. The van der Waals surface area contributed by atoms with Crippen LogP contribution < -0.4 is 0 Å². The predicted octanol–water partition coefficient (Wildman–Crippen LogP) is 1.32. The largest absolute Gasteiger partial charge is 0.340 e. The molecular weight excluding hydrogens is 148 g/mol. The van der Waals surface area contributed by atoms with Gasteiger partial charge in [-0.2, -0.15) is 0 Å². The van der Waals surface area contributed by atoms with Crippen molar-refractivity contribution in [3.63, 3.8) is 0 Å². The summed E-state index contributed by atoms with van der Waals surface area (Å²) in [5.41, 5.74) is 0. The summed E-state index contributed by atoms with van der Waals surface area (Å²) < 4.78 is 0. The SMILES string of the molecule is [O]CCCSc1ncc[nH]1. The van der Waals surface area contributed by atoms with Gasteiger partial charge >= 0.3 is 0 Å². The molecule has 1 rings (SSSR count). The van der Waals surface area contributed by atoms with Crippen molar-refractivity contribution in [2.75, 3.05) is 12.4 Å². The van der Waals surface area contributed by atoms with Crippen LogP contribution in [-0.2, 0) is 5.11 Å². The zero-order valence-electron chi connectivity index (χ0n) is 5.54. The number of aromatic amines is 1. The van der Waals surface area contributed by atoms with Crippen molar-refractivity contribution in [2.45, 2.75) is 11.6 Å². The first-order chi connectivity index (χ1) is 4.93. The first kappa shape index (κ1) is 7.63. The zero-order valence-corrected chi connectivity index (χ0v) is 6.36. The lowest BCUT2D eigenvalue weighted by Crippen LogP contribution is -1.84. The van der Waals surface area contributed by atoms with Crippen LogP contribution in [0.15, 0.2) is 17.6 Å². The maximum Gasteiger partial charge on any atom is 0.165 e. The minimum Gasteiger partial charge on any atom is -0.340 e. The smallest absolute Gasteiger partial charge is 0.165 e. The minimum atomic E-state index is 0.00765. The Morgan fingerprint density at radius 3 is 3.20 bits per heavy atom. The Morgan fingerprint density at radius 1 is 1.70 bits per heavy atom. The van der Waals surface area contributed by atoms with Crippen molar-refractivity contribution in [3.8, 4) is 0 Å². The van der Waals surface area contributed by atoms with Crippen molar-refractivity contribution in [1.82, 2.24) is 9.97 Å². The average molecular weight is 157 g/mol. The molecule has 1 heterocycles. The number of imidazole rings is 1. The molecule has 10 heavy (non-hydrogen) atoms. The summed E-state index contributed by atoms with van der Waals surface area (Å²) in [6.45, 7) is 0.00765. The Hall–Kier alpha value is -0.480. The highest BCUT2D eigenvalue weighted by Crippen LogP contribution is 2.11. The van der Waals surface area contributed by atoms with Crippen molar-refractivity contribution in [1.29, 1.82) is 0 Å². The fourth-order valence-corrected chi connectivity index (χ4v) is 1.30. The molecule has 3 nitrogen and oxygen atoms in total. The fraction of sp³-hybridized carbons (Fsp3) is 0.500. The first-order valence-corrected chi connectivity index (χ1v) is 4.12. The van der Waals surface area contributed by atoms with E-state index in [1.165, 1.54) is 0 Å². The van der Waals surface area contributed by atoms with Gasteiger partial charge in [-0.05, 0) is 6.42 Å². The van der Waals surface area contributed by atoms with E-state index in [1.807, 2.05) is 0 Å². The molecule has 0 unspecified atom stereocenters. The van der Waals surface area contributed by atoms with Gasteiger partial charge in [-0.25, -0.2) is 10.1 Å². The van der Waals surface area contributed by atoms with Crippen LogP contribution in [0.25, 0.3) is 0 Å². The summed E-state index contributed by atoms with van der Waals surface area (Å²) in [5, 5.41) is 10.9. The second-order valence-corrected chi connectivity index (χ2v) is 2.88. The van der Waals surface area contributed by atoms with Crippen LogP contribution in [0, 0.1) is 0 Å². The third-order valence-electron chi connectivity index (χ3n) is 1.00. The molecular formula is C6H9N2OS. The number of thioether (sulfide) groups is 1. The number of nitrogens with one attached hydrogen (secondary N) is 1. The van der Waals surface area contributed by atoms with Gasteiger partial charge in [0.25, 0.3) is 0 Å². The Bertz CT molecular complexity index is 164. The summed E-state index contributed by atoms with van der Waals surface area (Å²) in [7, 11) is 0. The van der Waals surface area contributed by atoms with Gasteiger partial charge in [0.1, 0.15) is 0 Å². The van der Waals surface area contributed by atoms with Gasteiger partial charge in [0, 0.05) is 18.1 Å². The van der Waals surface area contributed by atoms with Crippen LogP contribution >= 0.6 is 11.8 Å². The van der Waals surface area contributed by atoms with E-state index in [4.69, 9.17) is 0 Å². The third kappa shape index (κ3) is 2.41. The van der Waals surface area contributed by atoms with E-state index in [0.29, 0.717) is 6.42 Å². The molecule has 0 aromatic carbocycles. The van der Waals surface area contributed by atoms with E-state index in [2.05, 4.69) is 9.97 Å². The van der Waals surface area contributed by atoms with E-state index in [1.54, 1.807) is 24.2 Å².